The van der Waals surface area contributed by atoms with Crippen molar-refractivity contribution in [1.82, 2.24) is 24.8 Å². The second-order valence-electron chi connectivity index (χ2n) is 8.08. The van der Waals surface area contributed by atoms with E-state index in [1.807, 2.05) is 30.7 Å². The first-order valence-electron chi connectivity index (χ1n) is 10.1. The molecule has 0 radical (unpaired) electrons. The zero-order valence-electron chi connectivity index (χ0n) is 16.3. The molecular formula is C23H25N5O. The minimum absolute atomic E-state index is 0.0272. The van der Waals surface area contributed by atoms with Gasteiger partial charge in [0.05, 0.1) is 17.8 Å². The van der Waals surface area contributed by atoms with E-state index in [4.69, 9.17) is 0 Å². The minimum Gasteiger partial charge on any atom is -0.395 e. The van der Waals surface area contributed by atoms with Crippen LogP contribution in [0.3, 0.4) is 0 Å². The average Bonchev–Trinajstić information content (AvgIpc) is 2.75. The second kappa shape index (κ2) is 7.63. The van der Waals surface area contributed by atoms with Gasteiger partial charge in [-0.05, 0) is 17.7 Å². The van der Waals surface area contributed by atoms with Crippen molar-refractivity contribution in [1.29, 1.82) is 0 Å². The lowest BCUT2D eigenvalue weighted by atomic mass is 9.60. The average molecular weight is 387 g/mol. The monoisotopic (exact) mass is 387 g/mol. The van der Waals surface area contributed by atoms with E-state index in [0.29, 0.717) is 5.92 Å². The highest BCUT2D eigenvalue weighted by atomic mass is 16.3. The first kappa shape index (κ1) is 18.4. The van der Waals surface area contributed by atoms with E-state index in [2.05, 4.69) is 61.1 Å². The molecule has 2 aliphatic rings. The van der Waals surface area contributed by atoms with Crippen LogP contribution in [-0.2, 0) is 13.1 Å². The molecular weight excluding hydrogens is 362 g/mol. The van der Waals surface area contributed by atoms with Crippen molar-refractivity contribution >= 4 is 0 Å². The first-order valence-corrected chi connectivity index (χ1v) is 10.1. The fraction of sp³-hybridized carbons (Fsp3) is 0.348. The zero-order chi connectivity index (χ0) is 19.7. The maximum Gasteiger partial charge on any atom is 0.115 e. The minimum atomic E-state index is 0.0272. The van der Waals surface area contributed by atoms with Crippen LogP contribution in [0.5, 0.6) is 0 Å². The number of hydrogen-bond donors (Lipinski definition) is 1. The molecule has 1 N–H and O–H groups in total. The van der Waals surface area contributed by atoms with Crippen LogP contribution in [0.2, 0.25) is 0 Å². The molecule has 4 heterocycles. The molecule has 2 fully saturated rings. The summed E-state index contributed by atoms with van der Waals surface area (Å²) in [4.78, 5) is 17.7. The van der Waals surface area contributed by atoms with Crippen LogP contribution in [-0.4, -0.2) is 61.1 Å². The van der Waals surface area contributed by atoms with Gasteiger partial charge in [0.1, 0.15) is 6.33 Å². The summed E-state index contributed by atoms with van der Waals surface area (Å²) in [6.45, 7) is 3.69. The van der Waals surface area contributed by atoms with Crippen LogP contribution in [0.15, 0.2) is 73.4 Å². The maximum absolute atomic E-state index is 10.2. The number of aromatic nitrogens is 3. The molecule has 29 heavy (non-hydrogen) atoms. The molecule has 0 saturated carbocycles. The van der Waals surface area contributed by atoms with Gasteiger partial charge in [0.25, 0.3) is 0 Å². The molecule has 3 aromatic rings. The van der Waals surface area contributed by atoms with Crippen LogP contribution in [0.4, 0.5) is 0 Å². The number of pyridine rings is 1. The van der Waals surface area contributed by atoms with Gasteiger partial charge >= 0.3 is 0 Å². The number of nitrogens with zero attached hydrogens (tertiary/aromatic N) is 5. The van der Waals surface area contributed by atoms with Crippen LogP contribution >= 0.6 is 0 Å². The summed E-state index contributed by atoms with van der Waals surface area (Å²) in [6.07, 6.45) is 7.15. The van der Waals surface area contributed by atoms with Gasteiger partial charge in [0.2, 0.25) is 0 Å². The molecule has 0 aliphatic carbocycles. The highest BCUT2D eigenvalue weighted by Crippen LogP contribution is 2.54. The summed E-state index contributed by atoms with van der Waals surface area (Å²) in [5.74, 6) is 0.318. The van der Waals surface area contributed by atoms with Gasteiger partial charge in [-0.2, -0.15) is 0 Å². The fourth-order valence-electron chi connectivity index (χ4n) is 5.18. The second-order valence-corrected chi connectivity index (χ2v) is 8.08. The van der Waals surface area contributed by atoms with Crippen molar-refractivity contribution < 1.29 is 5.11 Å². The molecule has 1 spiro atoms. The molecule has 0 amide bonds. The quantitative estimate of drug-likeness (QED) is 0.699. The molecule has 6 heteroatoms. The Bertz CT molecular complexity index is 931. The largest absolute Gasteiger partial charge is 0.395 e. The Balaban J connectivity index is 1.40. The van der Waals surface area contributed by atoms with Crippen LogP contribution in [0.25, 0.3) is 0 Å². The van der Waals surface area contributed by atoms with Crippen molar-refractivity contribution in [2.45, 2.75) is 30.6 Å². The lowest BCUT2D eigenvalue weighted by Gasteiger charge is -2.71. The van der Waals surface area contributed by atoms with E-state index in [0.717, 1.165) is 37.4 Å². The van der Waals surface area contributed by atoms with E-state index in [1.165, 1.54) is 5.56 Å². The summed E-state index contributed by atoms with van der Waals surface area (Å²) in [5.41, 5.74) is 3.52. The van der Waals surface area contributed by atoms with Gasteiger partial charge in [0, 0.05) is 62.3 Å². The fourth-order valence-corrected chi connectivity index (χ4v) is 5.18. The lowest BCUT2D eigenvalue weighted by Crippen LogP contribution is -2.83. The maximum atomic E-state index is 10.2. The number of aliphatic hydroxyl groups is 1. The van der Waals surface area contributed by atoms with Crippen molar-refractivity contribution in [3.63, 3.8) is 0 Å². The molecule has 2 atom stereocenters. The highest BCUT2D eigenvalue weighted by molar-refractivity contribution is 5.36. The van der Waals surface area contributed by atoms with E-state index < -0.39 is 0 Å². The molecule has 0 bridgehead atoms. The normalized spacial score (nSPS) is 23.5. The van der Waals surface area contributed by atoms with Crippen molar-refractivity contribution in [3.8, 4) is 0 Å². The highest BCUT2D eigenvalue weighted by Gasteiger charge is 2.65. The third kappa shape index (κ3) is 3.23. The topological polar surface area (TPSA) is 65.4 Å². The Morgan fingerprint density at radius 2 is 1.72 bits per heavy atom. The predicted octanol–water partition coefficient (Wildman–Crippen LogP) is 2.09. The Labute approximate surface area is 170 Å². The van der Waals surface area contributed by atoms with Crippen LogP contribution < -0.4 is 0 Å². The number of likely N-dealkylation sites (tertiary alicyclic amines) is 2. The molecule has 2 aliphatic heterocycles. The van der Waals surface area contributed by atoms with Crippen LogP contribution in [0.1, 0.15) is 22.7 Å². The number of aliphatic hydroxyl groups excluding tert-OH is 1. The van der Waals surface area contributed by atoms with E-state index >= 15 is 0 Å². The summed E-state index contributed by atoms with van der Waals surface area (Å²) >= 11 is 0. The molecule has 1 aromatic carbocycles. The van der Waals surface area contributed by atoms with Gasteiger partial charge in [-0.15, -0.1) is 0 Å². The number of benzene rings is 1. The Kier molecular flexibility index (Phi) is 4.83. The van der Waals surface area contributed by atoms with Gasteiger partial charge in [-0.25, -0.2) is 9.97 Å². The summed E-state index contributed by atoms with van der Waals surface area (Å²) in [6, 6.07) is 16.8. The number of rotatable bonds is 6. The first-order chi connectivity index (χ1) is 14.3. The molecule has 5 rings (SSSR count). The van der Waals surface area contributed by atoms with Crippen molar-refractivity contribution in [2.75, 3.05) is 19.7 Å². The van der Waals surface area contributed by atoms with E-state index in [1.54, 1.807) is 6.33 Å². The third-order valence-corrected chi connectivity index (χ3v) is 6.36. The van der Waals surface area contributed by atoms with Gasteiger partial charge in [-0.3, -0.25) is 14.8 Å². The number of hydrogen-bond acceptors (Lipinski definition) is 6. The van der Waals surface area contributed by atoms with Gasteiger partial charge in [0.15, 0.2) is 0 Å². The summed E-state index contributed by atoms with van der Waals surface area (Å²) in [7, 11) is 0. The third-order valence-electron chi connectivity index (χ3n) is 6.36. The lowest BCUT2D eigenvalue weighted by molar-refractivity contribution is -0.198. The van der Waals surface area contributed by atoms with Gasteiger partial charge in [-0.1, -0.05) is 36.4 Å². The molecule has 0 unspecified atom stereocenters. The molecule has 2 saturated heterocycles. The summed E-state index contributed by atoms with van der Waals surface area (Å²) in [5, 5.41) is 10.2. The molecule has 2 aromatic heterocycles. The standard InChI is InChI=1S/C23H25N5O/c29-14-21-22(19-6-2-1-3-7-19)23(28(21)12-18-10-24-17-25-11-18)15-27(16-23)13-20-8-4-5-9-26-20/h1-11,17,21-22,29H,12-16H2/t21-,22-/m1/s1. The molecule has 148 valence electrons. The Hall–Kier alpha value is -2.67. The smallest absolute Gasteiger partial charge is 0.115 e. The predicted molar refractivity (Wildman–Crippen MR) is 110 cm³/mol. The van der Waals surface area contributed by atoms with Gasteiger partial charge < -0.3 is 5.11 Å². The van der Waals surface area contributed by atoms with E-state index in [-0.39, 0.29) is 18.2 Å². The van der Waals surface area contributed by atoms with Crippen LogP contribution in [0, 0.1) is 0 Å². The Morgan fingerprint density at radius 1 is 0.966 bits per heavy atom. The molecule has 6 nitrogen and oxygen atoms in total. The van der Waals surface area contributed by atoms with E-state index in [9.17, 15) is 5.11 Å². The summed E-state index contributed by atoms with van der Waals surface area (Å²) < 4.78 is 0. The Morgan fingerprint density at radius 3 is 2.41 bits per heavy atom. The SMILES string of the molecule is OC[C@@H]1[C@@H](c2ccccc2)C2(CN(Cc3ccccn3)C2)N1Cc1cncnc1. The van der Waals surface area contributed by atoms with Crippen molar-refractivity contribution in [2.24, 2.45) is 0 Å². The van der Waals surface area contributed by atoms with Crippen molar-refractivity contribution in [3.05, 3.63) is 90.3 Å². The zero-order valence-corrected chi connectivity index (χ0v) is 16.3.